The fraction of sp³-hybridized carbons (Fsp3) is 0.478. The van der Waals surface area contributed by atoms with Crippen LogP contribution in [0, 0.1) is 0 Å². The molecule has 1 aliphatic heterocycles. The molecule has 1 saturated heterocycles. The molecule has 2 aromatic rings. The summed E-state index contributed by atoms with van der Waals surface area (Å²) in [5.74, 6) is -1.40. The molecular weight excluding hydrogens is 450 g/mol. The molecule has 2 amide bonds. The fourth-order valence-corrected chi connectivity index (χ4v) is 4.88. The summed E-state index contributed by atoms with van der Waals surface area (Å²) >= 11 is 7.82. The number of carbonyl (C=O) groups excluding carboxylic acids is 2. The summed E-state index contributed by atoms with van der Waals surface area (Å²) in [6, 6.07) is 7.50. The van der Waals surface area contributed by atoms with Crippen LogP contribution in [0.4, 0.5) is 5.69 Å². The molecule has 0 unspecified atom stereocenters. The Bertz CT molecular complexity index is 914. The molecule has 1 aromatic carbocycles. The molecule has 9 heteroatoms. The summed E-state index contributed by atoms with van der Waals surface area (Å²) in [7, 11) is 0. The number of aliphatic hydroxyl groups excluding tert-OH is 2. The fourth-order valence-electron chi connectivity index (χ4n) is 3.72. The molecule has 0 spiro atoms. The molecule has 3 rings (SSSR count). The number of anilines is 1. The maximum absolute atomic E-state index is 12.7. The lowest BCUT2D eigenvalue weighted by molar-refractivity contribution is -0.153. The number of carbonyl (C=O) groups is 2. The number of amides is 2. The highest BCUT2D eigenvalue weighted by Crippen LogP contribution is 2.26. The lowest BCUT2D eigenvalue weighted by Crippen LogP contribution is -2.55. The first-order valence-electron chi connectivity index (χ1n) is 10.9. The van der Waals surface area contributed by atoms with Crippen molar-refractivity contribution in [3.63, 3.8) is 0 Å². The van der Waals surface area contributed by atoms with E-state index < -0.39 is 24.0 Å². The van der Waals surface area contributed by atoms with Crippen LogP contribution in [0.3, 0.4) is 0 Å². The van der Waals surface area contributed by atoms with E-state index in [-0.39, 0.29) is 6.54 Å². The van der Waals surface area contributed by atoms with Crippen LogP contribution in [0.2, 0.25) is 5.02 Å². The number of thiophene rings is 1. The second-order valence-corrected chi connectivity index (χ2v) is 9.05. The zero-order chi connectivity index (χ0) is 23.1. The summed E-state index contributed by atoms with van der Waals surface area (Å²) in [5.41, 5.74) is 3.08. The predicted octanol–water partition coefficient (Wildman–Crippen LogP) is 2.43. The van der Waals surface area contributed by atoms with Gasteiger partial charge < -0.3 is 25.3 Å². The third kappa shape index (κ3) is 6.01. The van der Waals surface area contributed by atoms with Crippen molar-refractivity contribution < 1.29 is 19.8 Å². The van der Waals surface area contributed by atoms with Gasteiger partial charge in [-0.05, 0) is 46.9 Å². The van der Waals surface area contributed by atoms with Crippen molar-refractivity contribution >= 4 is 40.4 Å². The largest absolute Gasteiger partial charge is 0.380 e. The molecule has 174 valence electrons. The van der Waals surface area contributed by atoms with Crippen molar-refractivity contribution in [3.05, 3.63) is 51.2 Å². The maximum Gasteiger partial charge on any atom is 0.254 e. The number of aryl methyl sites for hydroxylation is 1. The number of hydrogen-bond donors (Lipinski definition) is 3. The molecule has 0 aliphatic carbocycles. The molecule has 1 aliphatic rings. The van der Waals surface area contributed by atoms with Crippen LogP contribution < -0.4 is 10.2 Å². The highest BCUT2D eigenvalue weighted by atomic mass is 35.5. The molecule has 0 radical (unpaired) electrons. The first-order chi connectivity index (χ1) is 15.4. The smallest absolute Gasteiger partial charge is 0.254 e. The normalized spacial score (nSPS) is 16.0. The van der Waals surface area contributed by atoms with Gasteiger partial charge in [-0.25, -0.2) is 0 Å². The number of benzene rings is 1. The van der Waals surface area contributed by atoms with Gasteiger partial charge in [0, 0.05) is 32.7 Å². The van der Waals surface area contributed by atoms with Gasteiger partial charge in [0.1, 0.15) is 0 Å². The molecule has 0 saturated carbocycles. The third-order valence-corrected chi connectivity index (χ3v) is 6.85. The molecule has 0 bridgehead atoms. The van der Waals surface area contributed by atoms with E-state index in [1.54, 1.807) is 11.3 Å². The van der Waals surface area contributed by atoms with Gasteiger partial charge in [0.25, 0.3) is 11.8 Å². The molecule has 2 atom stereocenters. The van der Waals surface area contributed by atoms with E-state index in [1.807, 2.05) is 29.6 Å². The highest BCUT2D eigenvalue weighted by Gasteiger charge is 2.34. The summed E-state index contributed by atoms with van der Waals surface area (Å²) in [6.45, 7) is 4.21. The van der Waals surface area contributed by atoms with Crippen LogP contribution in [0.25, 0.3) is 0 Å². The molecule has 1 fully saturated rings. The van der Waals surface area contributed by atoms with E-state index in [0.717, 1.165) is 30.5 Å². The van der Waals surface area contributed by atoms with Crippen LogP contribution in [-0.4, -0.2) is 65.3 Å². The predicted molar refractivity (Wildman–Crippen MR) is 127 cm³/mol. The van der Waals surface area contributed by atoms with Gasteiger partial charge in [-0.2, -0.15) is 11.3 Å². The minimum absolute atomic E-state index is 0.260. The number of para-hydroxylation sites is 1. The van der Waals surface area contributed by atoms with Crippen LogP contribution in [0.5, 0.6) is 0 Å². The molecule has 7 nitrogen and oxygen atoms in total. The number of rotatable bonds is 9. The van der Waals surface area contributed by atoms with Crippen LogP contribution in [0.15, 0.2) is 35.0 Å². The van der Waals surface area contributed by atoms with E-state index in [1.165, 1.54) is 10.5 Å². The van der Waals surface area contributed by atoms with Crippen molar-refractivity contribution in [2.24, 2.45) is 0 Å². The first kappa shape index (κ1) is 24.5. The quantitative estimate of drug-likeness (QED) is 0.513. The van der Waals surface area contributed by atoms with E-state index in [2.05, 4.69) is 22.5 Å². The number of halogens is 1. The summed E-state index contributed by atoms with van der Waals surface area (Å²) in [6.07, 6.45) is -0.529. The number of aliphatic hydroxyl groups is 2. The minimum atomic E-state index is -1.82. The first-order valence-corrected chi connectivity index (χ1v) is 12.2. The highest BCUT2D eigenvalue weighted by molar-refractivity contribution is 7.08. The van der Waals surface area contributed by atoms with Gasteiger partial charge in [-0.1, -0.05) is 37.1 Å². The Morgan fingerprint density at radius 1 is 1.09 bits per heavy atom. The molecule has 32 heavy (non-hydrogen) atoms. The van der Waals surface area contributed by atoms with E-state index >= 15 is 0 Å². The Morgan fingerprint density at radius 3 is 2.47 bits per heavy atom. The Balaban J connectivity index is 1.49. The maximum atomic E-state index is 12.7. The summed E-state index contributed by atoms with van der Waals surface area (Å²) < 4.78 is 0. The van der Waals surface area contributed by atoms with Crippen LogP contribution >= 0.6 is 22.9 Å². The summed E-state index contributed by atoms with van der Waals surface area (Å²) in [4.78, 5) is 28.5. The van der Waals surface area contributed by atoms with Gasteiger partial charge in [0.05, 0.1) is 10.7 Å². The van der Waals surface area contributed by atoms with Gasteiger partial charge in [-0.3, -0.25) is 9.59 Å². The Labute approximate surface area is 197 Å². The lowest BCUT2D eigenvalue weighted by Gasteiger charge is -2.37. The Kier molecular flexibility index (Phi) is 8.92. The lowest BCUT2D eigenvalue weighted by atomic mass is 10.1. The second-order valence-electron chi connectivity index (χ2n) is 7.90. The Hall–Kier alpha value is -2.13. The monoisotopic (exact) mass is 479 g/mol. The van der Waals surface area contributed by atoms with Crippen molar-refractivity contribution in [2.45, 2.75) is 44.9 Å². The number of nitrogens with zero attached hydrogens (tertiary/aromatic N) is 2. The van der Waals surface area contributed by atoms with Crippen molar-refractivity contribution in [1.82, 2.24) is 10.2 Å². The minimum Gasteiger partial charge on any atom is -0.380 e. The van der Waals surface area contributed by atoms with Crippen LogP contribution in [-0.2, 0) is 22.6 Å². The van der Waals surface area contributed by atoms with Gasteiger partial charge in [0.2, 0.25) is 0 Å². The second kappa shape index (κ2) is 11.7. The number of hydrogen-bond acceptors (Lipinski definition) is 6. The number of nitrogens with one attached hydrogen (secondary N) is 1. The summed E-state index contributed by atoms with van der Waals surface area (Å²) in [5, 5.41) is 27.9. The van der Waals surface area contributed by atoms with Crippen molar-refractivity contribution in [1.29, 1.82) is 0 Å². The van der Waals surface area contributed by atoms with Crippen molar-refractivity contribution in [3.8, 4) is 0 Å². The average Bonchev–Trinajstić information content (AvgIpc) is 3.27. The standard InChI is InChI=1S/C23H30ClN3O4S/c1-2-3-6-16-14-32-15-17(16)13-25-22(30)20(28)21(29)23(31)27-11-9-26(10-12-27)19-8-5-4-7-18(19)24/h4-5,7-8,14-15,20-21,28-29H,2-3,6,9-13H2,1H3,(H,25,30)/t20-,21-/m1/s1. The Morgan fingerprint density at radius 2 is 1.78 bits per heavy atom. The van der Waals surface area contributed by atoms with Gasteiger partial charge in [0.15, 0.2) is 12.2 Å². The number of unbranched alkanes of at least 4 members (excludes halogenated alkanes) is 1. The van der Waals surface area contributed by atoms with Gasteiger partial charge >= 0.3 is 0 Å². The topological polar surface area (TPSA) is 93.1 Å². The van der Waals surface area contributed by atoms with E-state index in [4.69, 9.17) is 11.6 Å². The molecular formula is C23H30ClN3O4S. The zero-order valence-corrected chi connectivity index (χ0v) is 19.7. The van der Waals surface area contributed by atoms with Crippen molar-refractivity contribution in [2.75, 3.05) is 31.1 Å². The molecule has 1 aromatic heterocycles. The van der Waals surface area contributed by atoms with E-state index in [0.29, 0.717) is 31.2 Å². The third-order valence-electron chi connectivity index (χ3n) is 5.69. The zero-order valence-electron chi connectivity index (χ0n) is 18.2. The van der Waals surface area contributed by atoms with Crippen LogP contribution in [0.1, 0.15) is 30.9 Å². The molecule has 3 N–H and O–H groups in total. The number of piperazine rings is 1. The average molecular weight is 480 g/mol. The SMILES string of the molecule is CCCCc1cscc1CNC(=O)[C@H](O)[C@@H](O)C(=O)N1CCN(c2ccccc2Cl)CC1. The molecule has 2 heterocycles. The van der Waals surface area contributed by atoms with Gasteiger partial charge in [-0.15, -0.1) is 0 Å². The van der Waals surface area contributed by atoms with E-state index in [9.17, 15) is 19.8 Å².